The number of alkyl halides is 2. The van der Waals surface area contributed by atoms with Crippen molar-refractivity contribution in [2.45, 2.75) is 52.4 Å². The molecule has 3 rings (SSSR count). The molecule has 0 unspecified atom stereocenters. The molecule has 0 saturated heterocycles. The van der Waals surface area contributed by atoms with Gasteiger partial charge in [0.15, 0.2) is 0 Å². The molecule has 0 saturated carbocycles. The van der Waals surface area contributed by atoms with E-state index < -0.39 is 5.92 Å². The zero-order valence-corrected chi connectivity index (χ0v) is 14.5. The average molecular weight is 312 g/mol. The molecule has 120 valence electrons. The summed E-state index contributed by atoms with van der Waals surface area (Å²) in [7, 11) is 5.87. The number of benzene rings is 2. The van der Waals surface area contributed by atoms with Gasteiger partial charge in [-0.1, -0.05) is 69.9 Å². The van der Waals surface area contributed by atoms with E-state index >= 15 is 0 Å². The standard InChI is InChI=1S/C17H15BF2.C3H8/c1-16(2)14-8-10(17(3,19)20)4-6-12(14)13-7-5-11(18)9-15(13)16;1-3-2/h4-9H,1-3H3;3H2,1-2H3. The van der Waals surface area contributed by atoms with Crippen LogP contribution in [0.25, 0.3) is 11.1 Å². The third kappa shape index (κ3) is 3.20. The number of rotatable bonds is 1. The lowest BCUT2D eigenvalue weighted by Crippen LogP contribution is -2.18. The van der Waals surface area contributed by atoms with Crippen LogP contribution in [0.4, 0.5) is 8.78 Å². The van der Waals surface area contributed by atoms with Crippen molar-refractivity contribution in [2.24, 2.45) is 0 Å². The van der Waals surface area contributed by atoms with E-state index in [0.29, 0.717) is 5.46 Å². The third-order valence-corrected chi connectivity index (χ3v) is 4.21. The Morgan fingerprint density at radius 3 is 1.96 bits per heavy atom. The molecule has 2 radical (unpaired) electrons. The molecule has 0 spiro atoms. The van der Waals surface area contributed by atoms with Gasteiger partial charge in [-0.25, -0.2) is 8.78 Å². The Morgan fingerprint density at radius 1 is 0.957 bits per heavy atom. The van der Waals surface area contributed by atoms with Crippen molar-refractivity contribution in [3.63, 3.8) is 0 Å². The number of hydrogen-bond donors (Lipinski definition) is 0. The fourth-order valence-corrected chi connectivity index (χ4v) is 3.03. The first kappa shape index (κ1) is 17.7. The fraction of sp³-hybridized carbons (Fsp3) is 0.400. The minimum atomic E-state index is -2.82. The van der Waals surface area contributed by atoms with Gasteiger partial charge < -0.3 is 0 Å². The molecule has 0 bridgehead atoms. The van der Waals surface area contributed by atoms with Gasteiger partial charge in [0.1, 0.15) is 7.85 Å². The van der Waals surface area contributed by atoms with Crippen molar-refractivity contribution in [1.82, 2.24) is 0 Å². The van der Waals surface area contributed by atoms with Crippen LogP contribution in [0.1, 0.15) is 57.7 Å². The van der Waals surface area contributed by atoms with E-state index in [1.165, 1.54) is 12.5 Å². The van der Waals surface area contributed by atoms with Gasteiger partial charge in [-0.2, -0.15) is 0 Å². The van der Waals surface area contributed by atoms with Crippen LogP contribution >= 0.6 is 0 Å². The molecule has 2 aromatic rings. The van der Waals surface area contributed by atoms with Gasteiger partial charge in [-0.05, 0) is 28.3 Å². The lowest BCUT2D eigenvalue weighted by atomic mass is 9.80. The molecule has 0 heterocycles. The van der Waals surface area contributed by atoms with Crippen LogP contribution in [0, 0.1) is 0 Å². The quantitative estimate of drug-likeness (QED) is 0.626. The van der Waals surface area contributed by atoms with Gasteiger partial charge in [0.2, 0.25) is 0 Å². The summed E-state index contributed by atoms with van der Waals surface area (Å²) in [6, 6.07) is 10.7. The Bertz CT molecular complexity index is 712. The molecule has 0 aromatic heterocycles. The summed E-state index contributed by atoms with van der Waals surface area (Å²) in [5, 5.41) is 0. The summed E-state index contributed by atoms with van der Waals surface area (Å²) in [5.74, 6) is -2.82. The molecule has 1 aliphatic rings. The maximum Gasteiger partial charge on any atom is 0.270 e. The second kappa shape index (κ2) is 6.11. The average Bonchev–Trinajstić information content (AvgIpc) is 2.67. The first-order valence-corrected chi connectivity index (χ1v) is 8.06. The molecule has 2 aromatic carbocycles. The summed E-state index contributed by atoms with van der Waals surface area (Å²) in [6.07, 6.45) is 1.25. The maximum atomic E-state index is 13.5. The molecule has 1 aliphatic carbocycles. The van der Waals surface area contributed by atoms with E-state index in [1.54, 1.807) is 12.1 Å². The van der Waals surface area contributed by atoms with Crippen molar-refractivity contribution >= 4 is 13.3 Å². The van der Waals surface area contributed by atoms with Crippen LogP contribution in [0.3, 0.4) is 0 Å². The largest absolute Gasteiger partial charge is 0.270 e. The number of halogens is 2. The molecule has 0 amide bonds. The van der Waals surface area contributed by atoms with E-state index in [-0.39, 0.29) is 11.0 Å². The molecule has 0 fully saturated rings. The van der Waals surface area contributed by atoms with Gasteiger partial charge in [0.25, 0.3) is 5.92 Å². The minimum Gasteiger partial charge on any atom is -0.202 e. The van der Waals surface area contributed by atoms with Gasteiger partial charge in [0.05, 0.1) is 0 Å². The number of hydrogen-bond acceptors (Lipinski definition) is 0. The highest BCUT2D eigenvalue weighted by molar-refractivity contribution is 6.32. The van der Waals surface area contributed by atoms with Crippen molar-refractivity contribution in [1.29, 1.82) is 0 Å². The Labute approximate surface area is 139 Å². The smallest absolute Gasteiger partial charge is 0.202 e. The first-order chi connectivity index (χ1) is 10.6. The summed E-state index contributed by atoms with van der Waals surface area (Å²) in [4.78, 5) is 0. The van der Waals surface area contributed by atoms with Crippen molar-refractivity contribution in [3.8, 4) is 11.1 Å². The normalized spacial score (nSPS) is 14.6. The van der Waals surface area contributed by atoms with Gasteiger partial charge >= 0.3 is 0 Å². The molecular formula is C20H23BF2. The van der Waals surface area contributed by atoms with Crippen LogP contribution in [0.5, 0.6) is 0 Å². The first-order valence-electron chi connectivity index (χ1n) is 8.06. The molecule has 23 heavy (non-hydrogen) atoms. The Kier molecular flexibility index (Phi) is 4.70. The van der Waals surface area contributed by atoms with Gasteiger partial charge in [-0.15, -0.1) is 0 Å². The lowest BCUT2D eigenvalue weighted by Gasteiger charge is -2.23. The van der Waals surface area contributed by atoms with Crippen molar-refractivity contribution in [3.05, 3.63) is 53.1 Å². The molecule has 0 atom stereocenters. The summed E-state index contributed by atoms with van der Waals surface area (Å²) >= 11 is 0. The monoisotopic (exact) mass is 312 g/mol. The SMILES string of the molecule is CCC.[B]c1ccc2c(c1)C(C)(C)c1cc(C(C)(F)F)ccc1-2. The van der Waals surface area contributed by atoms with E-state index in [0.717, 1.165) is 29.2 Å². The van der Waals surface area contributed by atoms with E-state index in [2.05, 4.69) is 27.7 Å². The predicted octanol–water partition coefficient (Wildman–Crippen LogP) is 5.31. The highest BCUT2D eigenvalue weighted by atomic mass is 19.3. The highest BCUT2D eigenvalue weighted by Gasteiger charge is 2.37. The second-order valence-corrected chi connectivity index (χ2v) is 6.79. The van der Waals surface area contributed by atoms with Crippen molar-refractivity contribution < 1.29 is 8.78 Å². The van der Waals surface area contributed by atoms with Crippen LogP contribution in [0.15, 0.2) is 36.4 Å². The summed E-state index contributed by atoms with van der Waals surface area (Å²) in [6.45, 7) is 9.28. The van der Waals surface area contributed by atoms with Crippen LogP contribution < -0.4 is 5.46 Å². The molecule has 0 aliphatic heterocycles. The highest BCUT2D eigenvalue weighted by Crippen LogP contribution is 2.49. The lowest BCUT2D eigenvalue weighted by molar-refractivity contribution is 0.0174. The van der Waals surface area contributed by atoms with Gasteiger partial charge in [-0.3, -0.25) is 0 Å². The topological polar surface area (TPSA) is 0 Å². The van der Waals surface area contributed by atoms with Crippen molar-refractivity contribution in [2.75, 3.05) is 0 Å². The predicted molar refractivity (Wildman–Crippen MR) is 94.9 cm³/mol. The zero-order valence-electron chi connectivity index (χ0n) is 14.5. The molecule has 3 heteroatoms. The van der Waals surface area contributed by atoms with Crippen LogP contribution in [-0.4, -0.2) is 7.85 Å². The van der Waals surface area contributed by atoms with Crippen LogP contribution in [-0.2, 0) is 11.3 Å². The fourth-order valence-electron chi connectivity index (χ4n) is 3.03. The number of fused-ring (bicyclic) bond motifs is 3. The third-order valence-electron chi connectivity index (χ3n) is 4.21. The van der Waals surface area contributed by atoms with Gasteiger partial charge in [0, 0.05) is 17.9 Å². The summed E-state index contributed by atoms with van der Waals surface area (Å²) < 4.78 is 27.1. The van der Waals surface area contributed by atoms with E-state index in [1.807, 2.05) is 18.2 Å². The Hall–Kier alpha value is -1.64. The van der Waals surface area contributed by atoms with E-state index in [9.17, 15) is 8.78 Å². The zero-order chi connectivity index (χ0) is 17.4. The molecule has 0 N–H and O–H groups in total. The summed E-state index contributed by atoms with van der Waals surface area (Å²) in [5.41, 5.74) is 4.61. The minimum absolute atomic E-state index is 0.0603. The molecular weight excluding hydrogens is 289 g/mol. The van der Waals surface area contributed by atoms with Crippen LogP contribution in [0.2, 0.25) is 0 Å². The molecule has 0 nitrogen and oxygen atoms in total. The second-order valence-electron chi connectivity index (χ2n) is 6.79. The Balaban J connectivity index is 0.000000595. The maximum absolute atomic E-state index is 13.5. The Morgan fingerprint density at radius 2 is 1.43 bits per heavy atom. The van der Waals surface area contributed by atoms with E-state index in [4.69, 9.17) is 7.85 Å².